The van der Waals surface area contributed by atoms with Crippen LogP contribution in [0.4, 0.5) is 0 Å². The van der Waals surface area contributed by atoms with Crippen molar-refractivity contribution < 1.29 is 88.4 Å². The summed E-state index contributed by atoms with van der Waals surface area (Å²) in [5.74, 6) is -6.11. The Labute approximate surface area is 431 Å². The predicted molar refractivity (Wildman–Crippen MR) is 265 cm³/mol. The van der Waals surface area contributed by atoms with Gasteiger partial charge in [-0.25, -0.2) is 9.59 Å². The highest BCUT2D eigenvalue weighted by Crippen LogP contribution is 2.45. The number of benzene rings is 1. The van der Waals surface area contributed by atoms with Crippen LogP contribution in [0.5, 0.6) is 11.5 Å². The Hall–Kier alpha value is -3.89. The van der Waals surface area contributed by atoms with Gasteiger partial charge in [-0.05, 0) is 90.5 Å². The molecule has 0 bridgehead atoms. The lowest BCUT2D eigenvalue weighted by Crippen LogP contribution is -2.64. The van der Waals surface area contributed by atoms with Crippen molar-refractivity contribution in [3.63, 3.8) is 0 Å². The molecule has 0 saturated carbocycles. The monoisotopic (exact) mass is 1060 g/mol. The summed E-state index contributed by atoms with van der Waals surface area (Å²) >= 11 is 12.2. The number of aliphatic hydroxyl groups is 6. The van der Waals surface area contributed by atoms with Crippen molar-refractivity contribution in [3.05, 3.63) is 79.9 Å². The third-order valence-corrected chi connectivity index (χ3v) is 13.9. The van der Waals surface area contributed by atoms with Crippen LogP contribution in [0.1, 0.15) is 111 Å². The molecule has 8 N–H and O–H groups in total. The molecule has 2 fully saturated rings. The van der Waals surface area contributed by atoms with E-state index < -0.39 is 150 Å². The van der Waals surface area contributed by atoms with Gasteiger partial charge in [0.25, 0.3) is 0 Å². The Morgan fingerprint density at radius 2 is 1.58 bits per heavy atom. The van der Waals surface area contributed by atoms with Crippen LogP contribution in [0.25, 0.3) is 0 Å². The second-order valence-electron chi connectivity index (χ2n) is 19.5. The molecule has 18 nitrogen and oxygen atoms in total. The number of allylic oxidation sites excluding steroid dienone is 4. The van der Waals surface area contributed by atoms with Crippen molar-refractivity contribution in [1.29, 1.82) is 0 Å². The SMILES string of the molecule is CCc1c(Cl)c(O)c(Cl)c(O)c1C(=O)O[C@H]1[C@H](O)[C@H](CO)[C@H](OC/C2=C\C=C\C[C@H](O)/C(C)=C/[C@H](CC)[C@@H](O[C@H]3OC(C)(C)[C@H](OC(=O)C(C)C)[C@@H](O)[C@H]3O)/C(C)=C/C(C)=C/C[C@@H]([C@@H](C)O)OC2=O)O[C@@H]1C. The van der Waals surface area contributed by atoms with Crippen LogP contribution >= 0.6 is 23.2 Å². The minimum Gasteiger partial charge on any atom is -0.505 e. The van der Waals surface area contributed by atoms with Crippen molar-refractivity contribution in [2.45, 2.75) is 181 Å². The number of carbonyl (C=O) groups excluding carboxylic acids is 3. The fourth-order valence-corrected chi connectivity index (χ4v) is 9.21. The van der Waals surface area contributed by atoms with Crippen LogP contribution < -0.4 is 0 Å². The maximum atomic E-state index is 13.9. The molecule has 3 aliphatic rings. The molecular formula is C52H74Cl2O18. The summed E-state index contributed by atoms with van der Waals surface area (Å²) < 4.78 is 41.8. The fraction of sp³-hybridized carbons (Fsp3) is 0.635. The molecule has 14 atom stereocenters. The fourth-order valence-electron chi connectivity index (χ4n) is 8.65. The van der Waals surface area contributed by atoms with Gasteiger partial charge in [0.15, 0.2) is 36.3 Å². The topological polar surface area (TPSA) is 278 Å². The second kappa shape index (κ2) is 26.5. The second-order valence-corrected chi connectivity index (χ2v) is 20.3. The van der Waals surface area contributed by atoms with E-state index in [0.29, 0.717) is 23.1 Å². The number of esters is 3. The van der Waals surface area contributed by atoms with E-state index in [2.05, 4.69) is 0 Å². The molecule has 404 valence electrons. The van der Waals surface area contributed by atoms with Crippen LogP contribution in [0, 0.1) is 17.8 Å². The third-order valence-electron chi connectivity index (χ3n) is 13.1. The smallest absolute Gasteiger partial charge is 0.342 e. The number of aliphatic hydroxyl groups excluding tert-OH is 6. The third kappa shape index (κ3) is 14.7. The molecule has 20 heteroatoms. The zero-order valence-corrected chi connectivity index (χ0v) is 44.3. The van der Waals surface area contributed by atoms with E-state index in [1.165, 1.54) is 26.0 Å². The Kier molecular flexibility index (Phi) is 22.4. The van der Waals surface area contributed by atoms with E-state index in [1.807, 2.05) is 26.0 Å². The van der Waals surface area contributed by atoms with E-state index >= 15 is 0 Å². The Morgan fingerprint density at radius 3 is 2.18 bits per heavy atom. The molecule has 0 radical (unpaired) electrons. The van der Waals surface area contributed by atoms with E-state index in [4.69, 9.17) is 56.4 Å². The number of hydrogen-bond donors (Lipinski definition) is 8. The highest BCUT2D eigenvalue weighted by atomic mass is 35.5. The molecule has 1 aromatic rings. The first-order valence-corrected chi connectivity index (χ1v) is 25.0. The van der Waals surface area contributed by atoms with Crippen LogP contribution in [-0.4, -0.2) is 151 Å². The molecule has 2 saturated heterocycles. The van der Waals surface area contributed by atoms with Gasteiger partial charge in [0.2, 0.25) is 0 Å². The van der Waals surface area contributed by atoms with Gasteiger partial charge in [-0.3, -0.25) is 4.79 Å². The highest BCUT2D eigenvalue weighted by molar-refractivity contribution is 6.39. The summed E-state index contributed by atoms with van der Waals surface area (Å²) in [6.45, 7) is 17.2. The molecule has 3 heterocycles. The number of aromatic hydroxyl groups is 2. The van der Waals surface area contributed by atoms with Gasteiger partial charge in [-0.2, -0.15) is 0 Å². The standard InChI is InChI=1S/C52H74Cl2O18/c1-12-30-21-26(6)34(57)17-15-14-16-31(23-66-50-33(22-55)39(58)45(29(9)67-50)69-49(65)36-32(13-2)37(53)41(60)38(54)40(36)59)48(64)68-35(28(8)56)19-18-25(5)20-27(7)44(30)70-51-43(62)42(61)46(52(10,11)72-51)71-47(63)24(3)4/h14-16,18,20-21,24,28-30,33-35,39,42-46,50-51,55-62H,12-13,17,19,22-23H2,1-11H3/b15-14+,25-18+,26-21+,27-20+,31-16+/t28-,29-,30+,33+,34+,35+,39-,42+,43-,44+,45-,46-,50-,51+/m1/s1. The van der Waals surface area contributed by atoms with E-state index in [-0.39, 0.29) is 35.4 Å². The molecule has 72 heavy (non-hydrogen) atoms. The van der Waals surface area contributed by atoms with Crippen LogP contribution in [0.3, 0.4) is 0 Å². The lowest BCUT2D eigenvalue weighted by Gasteiger charge is -2.47. The summed E-state index contributed by atoms with van der Waals surface area (Å²) in [5, 5.41) is 86.8. The first-order chi connectivity index (χ1) is 33.7. The van der Waals surface area contributed by atoms with E-state index in [1.54, 1.807) is 60.6 Å². The van der Waals surface area contributed by atoms with Crippen molar-refractivity contribution >= 4 is 41.1 Å². The van der Waals surface area contributed by atoms with Gasteiger partial charge < -0.3 is 74.0 Å². The zero-order valence-electron chi connectivity index (χ0n) is 42.8. The zero-order chi connectivity index (χ0) is 54.1. The summed E-state index contributed by atoms with van der Waals surface area (Å²) in [6.07, 6.45) is -4.48. The van der Waals surface area contributed by atoms with Gasteiger partial charge in [-0.1, -0.05) is 86.9 Å². The number of hydrogen-bond acceptors (Lipinski definition) is 18. The predicted octanol–water partition coefficient (Wildman–Crippen LogP) is 5.83. The minimum absolute atomic E-state index is 0.0413. The summed E-state index contributed by atoms with van der Waals surface area (Å²) in [5.41, 5.74) is 0.221. The van der Waals surface area contributed by atoms with Crippen LogP contribution in [-0.2, 0) is 49.2 Å². The van der Waals surface area contributed by atoms with Crippen molar-refractivity contribution in [3.8, 4) is 11.5 Å². The number of halogens is 2. The molecule has 1 aromatic carbocycles. The quantitative estimate of drug-likeness (QED) is 0.0656. The number of phenolic OH excluding ortho intramolecular Hbond substituents is 2. The van der Waals surface area contributed by atoms with Crippen molar-refractivity contribution in [2.24, 2.45) is 17.8 Å². The van der Waals surface area contributed by atoms with Gasteiger partial charge in [0.1, 0.15) is 40.6 Å². The van der Waals surface area contributed by atoms with Gasteiger partial charge >= 0.3 is 17.9 Å². The number of ether oxygens (including phenoxy) is 7. The Morgan fingerprint density at radius 1 is 0.917 bits per heavy atom. The summed E-state index contributed by atoms with van der Waals surface area (Å²) in [7, 11) is 0. The van der Waals surface area contributed by atoms with Gasteiger partial charge in [0.05, 0.1) is 60.1 Å². The highest BCUT2D eigenvalue weighted by Gasteiger charge is 2.53. The van der Waals surface area contributed by atoms with E-state index in [9.17, 15) is 55.2 Å². The first kappa shape index (κ1) is 60.7. The Balaban J connectivity index is 1.61. The largest absolute Gasteiger partial charge is 0.505 e. The molecule has 0 unspecified atom stereocenters. The number of carbonyl (C=O) groups is 3. The van der Waals surface area contributed by atoms with Gasteiger partial charge in [0, 0.05) is 12.3 Å². The van der Waals surface area contributed by atoms with Crippen molar-refractivity contribution in [2.75, 3.05) is 13.2 Å². The molecule has 0 aromatic heterocycles. The van der Waals surface area contributed by atoms with Crippen LogP contribution in [0.2, 0.25) is 10.0 Å². The lowest BCUT2D eigenvalue weighted by atomic mass is 9.88. The molecule has 4 rings (SSSR count). The number of rotatable bonds is 13. The normalized spacial score (nSPS) is 34.8. The lowest BCUT2D eigenvalue weighted by molar-refractivity contribution is -0.333. The van der Waals surface area contributed by atoms with Crippen LogP contribution in [0.15, 0.2) is 58.7 Å². The average Bonchev–Trinajstić information content (AvgIpc) is 3.32. The maximum absolute atomic E-state index is 13.9. The molecule has 0 spiro atoms. The molecular weight excluding hydrogens is 983 g/mol. The number of phenols is 2. The van der Waals surface area contributed by atoms with Gasteiger partial charge in [-0.15, -0.1) is 0 Å². The minimum atomic E-state index is -1.61. The summed E-state index contributed by atoms with van der Waals surface area (Å²) in [4.78, 5) is 40.0. The summed E-state index contributed by atoms with van der Waals surface area (Å²) in [6, 6.07) is 0. The Bertz CT molecular complexity index is 2220. The maximum Gasteiger partial charge on any atom is 0.342 e. The average molecular weight is 1060 g/mol. The first-order valence-electron chi connectivity index (χ1n) is 24.2. The van der Waals surface area contributed by atoms with Crippen molar-refractivity contribution in [1.82, 2.24) is 0 Å². The number of cyclic esters (lactones) is 1. The molecule has 0 amide bonds. The van der Waals surface area contributed by atoms with E-state index in [0.717, 1.165) is 0 Å². The molecule has 0 aliphatic carbocycles. The molecule has 3 aliphatic heterocycles.